The van der Waals surface area contributed by atoms with Crippen LogP contribution >= 0.6 is 0 Å². The van der Waals surface area contributed by atoms with Gasteiger partial charge in [-0.05, 0) is 36.2 Å². The second-order valence-corrected chi connectivity index (χ2v) is 6.69. The van der Waals surface area contributed by atoms with Crippen LogP contribution < -0.4 is 5.32 Å². The fourth-order valence-electron chi connectivity index (χ4n) is 3.15. The summed E-state index contributed by atoms with van der Waals surface area (Å²) in [7, 11) is 0. The molecule has 2 aromatic carbocycles. The molecule has 1 N–H and O–H groups in total. The molecule has 0 radical (unpaired) electrons. The number of amides is 2. The second-order valence-electron chi connectivity index (χ2n) is 6.69. The maximum atomic E-state index is 12.8. The number of carbonyl (C=O) groups is 2. The number of carbonyl (C=O) groups excluding carboxylic acids is 2. The van der Waals surface area contributed by atoms with Crippen LogP contribution in [0, 0.1) is 11.3 Å². The molecule has 0 unspecified atom stereocenters. The first-order valence-corrected chi connectivity index (χ1v) is 9.57. The van der Waals surface area contributed by atoms with Crippen LogP contribution in [0.4, 0.5) is 5.69 Å². The number of nitrogens with zero attached hydrogens (tertiary/aromatic N) is 4. The highest BCUT2D eigenvalue weighted by molar-refractivity contribution is 6.06. The van der Waals surface area contributed by atoms with Crippen LogP contribution in [-0.4, -0.2) is 54.3 Å². The predicted molar refractivity (Wildman–Crippen MR) is 111 cm³/mol. The minimum Gasteiger partial charge on any atom is -0.342 e. The normalized spacial score (nSPS) is 14.3. The number of guanidine groups is 1. The number of para-hydroxylation sites is 1. The Bertz CT molecular complexity index is 956. The summed E-state index contributed by atoms with van der Waals surface area (Å²) in [5.74, 6) is 0.122. The van der Waals surface area contributed by atoms with Crippen LogP contribution in [0.2, 0.25) is 0 Å². The molecule has 1 aliphatic heterocycles. The number of nitrogens with one attached hydrogen (secondary N) is 1. The molecule has 0 aromatic heterocycles. The number of nitriles is 1. The molecule has 29 heavy (non-hydrogen) atoms. The summed E-state index contributed by atoms with van der Waals surface area (Å²) >= 11 is 0. The lowest BCUT2D eigenvalue weighted by atomic mass is 10.1. The molecule has 3 rings (SSSR count). The summed E-state index contributed by atoms with van der Waals surface area (Å²) in [4.78, 5) is 32.3. The highest BCUT2D eigenvalue weighted by Crippen LogP contribution is 2.20. The van der Waals surface area contributed by atoms with Gasteiger partial charge in [-0.25, -0.2) is 4.99 Å². The van der Waals surface area contributed by atoms with E-state index in [2.05, 4.69) is 12.2 Å². The molecule has 1 aliphatic rings. The largest absolute Gasteiger partial charge is 0.342 e. The van der Waals surface area contributed by atoms with E-state index in [0.29, 0.717) is 43.3 Å². The number of aliphatic imine (C=N–C) groups is 1. The minimum absolute atomic E-state index is 0.326. The van der Waals surface area contributed by atoms with Gasteiger partial charge in [-0.15, -0.1) is 0 Å². The van der Waals surface area contributed by atoms with Crippen molar-refractivity contribution in [2.45, 2.75) is 13.3 Å². The van der Waals surface area contributed by atoms with Crippen LogP contribution in [0.15, 0.2) is 53.5 Å². The Morgan fingerprint density at radius 2 is 1.93 bits per heavy atom. The maximum Gasteiger partial charge on any atom is 0.258 e. The van der Waals surface area contributed by atoms with Crippen molar-refractivity contribution in [3.63, 3.8) is 0 Å². The van der Waals surface area contributed by atoms with Gasteiger partial charge in [-0.2, -0.15) is 5.26 Å². The summed E-state index contributed by atoms with van der Waals surface area (Å²) in [5.41, 5.74) is 2.70. The number of hydrogen-bond acceptors (Lipinski definition) is 4. The first-order valence-electron chi connectivity index (χ1n) is 9.57. The van der Waals surface area contributed by atoms with Crippen LogP contribution in [0.1, 0.15) is 28.4 Å². The SMILES string of the molecule is CCc1ccccc1N=C(NC(=O)c1cccc(C#N)c1)N1CCN(C=O)CC1. The first-order chi connectivity index (χ1) is 14.1. The van der Waals surface area contributed by atoms with Gasteiger partial charge in [0.1, 0.15) is 0 Å². The molecular formula is C22H23N5O2. The molecule has 2 aromatic rings. The molecule has 148 valence electrons. The zero-order valence-electron chi connectivity index (χ0n) is 16.3. The zero-order valence-corrected chi connectivity index (χ0v) is 16.3. The number of piperazine rings is 1. The molecule has 0 spiro atoms. The van der Waals surface area contributed by atoms with E-state index in [1.165, 1.54) is 0 Å². The highest BCUT2D eigenvalue weighted by Gasteiger charge is 2.21. The van der Waals surface area contributed by atoms with Crippen molar-refractivity contribution >= 4 is 24.0 Å². The molecule has 1 fully saturated rings. The molecule has 0 atom stereocenters. The third kappa shape index (κ3) is 4.99. The molecule has 0 aliphatic carbocycles. The Balaban J connectivity index is 1.90. The Hall–Kier alpha value is -3.66. The Morgan fingerprint density at radius 1 is 1.17 bits per heavy atom. The van der Waals surface area contributed by atoms with Crippen molar-refractivity contribution in [2.75, 3.05) is 26.2 Å². The lowest BCUT2D eigenvalue weighted by Crippen LogP contribution is -2.53. The van der Waals surface area contributed by atoms with E-state index in [0.717, 1.165) is 24.1 Å². The van der Waals surface area contributed by atoms with Gasteiger partial charge in [0, 0.05) is 31.7 Å². The van der Waals surface area contributed by atoms with E-state index >= 15 is 0 Å². The van der Waals surface area contributed by atoms with Crippen molar-refractivity contribution in [3.05, 3.63) is 65.2 Å². The molecule has 7 nitrogen and oxygen atoms in total. The van der Waals surface area contributed by atoms with Crippen LogP contribution in [0.3, 0.4) is 0 Å². The summed E-state index contributed by atoms with van der Waals surface area (Å²) in [5, 5.41) is 12.0. The lowest BCUT2D eigenvalue weighted by molar-refractivity contribution is -0.119. The van der Waals surface area contributed by atoms with Crippen molar-refractivity contribution in [2.24, 2.45) is 4.99 Å². The summed E-state index contributed by atoms with van der Waals surface area (Å²) in [6.07, 6.45) is 1.66. The van der Waals surface area contributed by atoms with Crippen LogP contribution in [-0.2, 0) is 11.2 Å². The second kappa shape index (κ2) is 9.51. The van der Waals surface area contributed by atoms with Gasteiger partial charge < -0.3 is 9.80 Å². The molecule has 0 saturated carbocycles. The topological polar surface area (TPSA) is 88.8 Å². The fraction of sp³-hybridized carbons (Fsp3) is 0.273. The van der Waals surface area contributed by atoms with E-state index in [4.69, 9.17) is 10.3 Å². The summed E-state index contributed by atoms with van der Waals surface area (Å²) < 4.78 is 0. The lowest BCUT2D eigenvalue weighted by Gasteiger charge is -2.34. The van der Waals surface area contributed by atoms with Gasteiger partial charge in [0.2, 0.25) is 12.4 Å². The van der Waals surface area contributed by atoms with Crippen LogP contribution in [0.25, 0.3) is 0 Å². The number of hydrogen-bond donors (Lipinski definition) is 1. The Kier molecular flexibility index (Phi) is 6.59. The molecule has 1 saturated heterocycles. The fourth-order valence-corrected chi connectivity index (χ4v) is 3.15. The monoisotopic (exact) mass is 389 g/mol. The van der Waals surface area contributed by atoms with Gasteiger partial charge in [0.25, 0.3) is 5.91 Å². The van der Waals surface area contributed by atoms with Gasteiger partial charge in [0.15, 0.2) is 0 Å². The number of benzene rings is 2. The van der Waals surface area contributed by atoms with Gasteiger partial charge in [0.05, 0.1) is 17.3 Å². The van der Waals surface area contributed by atoms with Gasteiger partial charge in [-0.3, -0.25) is 14.9 Å². The summed E-state index contributed by atoms with van der Waals surface area (Å²) in [6.45, 7) is 4.34. The van der Waals surface area contributed by atoms with Gasteiger partial charge in [-0.1, -0.05) is 31.2 Å². The van der Waals surface area contributed by atoms with E-state index < -0.39 is 0 Å². The van der Waals surface area contributed by atoms with E-state index in [1.54, 1.807) is 29.2 Å². The first kappa shape index (κ1) is 20.1. The number of rotatable bonds is 4. The van der Waals surface area contributed by atoms with E-state index in [1.807, 2.05) is 35.2 Å². The summed E-state index contributed by atoms with van der Waals surface area (Å²) in [6, 6.07) is 16.4. The third-order valence-corrected chi connectivity index (χ3v) is 4.84. The predicted octanol–water partition coefficient (Wildman–Crippen LogP) is 2.31. The van der Waals surface area contributed by atoms with E-state index in [-0.39, 0.29) is 5.91 Å². The molecule has 7 heteroatoms. The van der Waals surface area contributed by atoms with Crippen molar-refractivity contribution < 1.29 is 9.59 Å². The third-order valence-electron chi connectivity index (χ3n) is 4.84. The quantitative estimate of drug-likeness (QED) is 0.494. The van der Waals surface area contributed by atoms with E-state index in [9.17, 15) is 9.59 Å². The zero-order chi connectivity index (χ0) is 20.6. The highest BCUT2D eigenvalue weighted by atomic mass is 16.2. The molecule has 2 amide bonds. The van der Waals surface area contributed by atoms with Crippen molar-refractivity contribution in [1.82, 2.24) is 15.1 Å². The van der Waals surface area contributed by atoms with Crippen molar-refractivity contribution in [1.29, 1.82) is 5.26 Å². The molecule has 1 heterocycles. The Labute approximate surface area is 170 Å². The smallest absolute Gasteiger partial charge is 0.258 e. The minimum atomic E-state index is -0.326. The average Bonchev–Trinajstić information content (AvgIpc) is 2.79. The van der Waals surface area contributed by atoms with Gasteiger partial charge >= 0.3 is 0 Å². The average molecular weight is 389 g/mol. The van der Waals surface area contributed by atoms with Crippen LogP contribution in [0.5, 0.6) is 0 Å². The van der Waals surface area contributed by atoms with Crippen molar-refractivity contribution in [3.8, 4) is 6.07 Å². The number of aryl methyl sites for hydroxylation is 1. The Morgan fingerprint density at radius 3 is 2.62 bits per heavy atom. The molecular weight excluding hydrogens is 366 g/mol. The molecule has 0 bridgehead atoms. The maximum absolute atomic E-state index is 12.8. The standard InChI is InChI=1S/C22H23N5O2/c1-2-18-7-3-4-9-20(18)24-22(27-12-10-26(16-28)11-13-27)25-21(29)19-8-5-6-17(14-19)15-23/h3-9,14,16H,2,10-13H2,1H3,(H,24,25,29).